The predicted molar refractivity (Wildman–Crippen MR) is 109 cm³/mol. The second-order valence-electron chi connectivity index (χ2n) is 7.40. The summed E-state index contributed by atoms with van der Waals surface area (Å²) in [6, 6.07) is 10.8. The molecule has 1 unspecified atom stereocenters. The Bertz CT molecular complexity index is 995. The highest BCUT2D eigenvalue weighted by molar-refractivity contribution is 7.89. The van der Waals surface area contributed by atoms with Crippen LogP contribution in [-0.2, 0) is 21.2 Å². The third-order valence-corrected chi connectivity index (χ3v) is 6.66. The van der Waals surface area contributed by atoms with Crippen LogP contribution in [0, 0.1) is 13.8 Å². The van der Waals surface area contributed by atoms with Gasteiger partial charge in [0.05, 0.1) is 4.90 Å². The number of ether oxygens (including phenoxy) is 1. The molecule has 1 heterocycles. The highest BCUT2D eigenvalue weighted by Crippen LogP contribution is 2.31. The molecule has 0 fully saturated rings. The van der Waals surface area contributed by atoms with Crippen LogP contribution in [-0.4, -0.2) is 45.4 Å². The molecule has 0 spiro atoms. The second kappa shape index (κ2) is 7.56. The lowest BCUT2D eigenvalue weighted by molar-refractivity contribution is -0.124. The molecular weight excluding hydrogens is 376 g/mol. The van der Waals surface area contributed by atoms with Gasteiger partial charge in [0.25, 0.3) is 5.91 Å². The lowest BCUT2D eigenvalue weighted by atomic mass is 10.1. The maximum absolute atomic E-state index is 12.9. The fourth-order valence-corrected chi connectivity index (χ4v) is 4.41. The van der Waals surface area contributed by atoms with Gasteiger partial charge in [0.15, 0.2) is 6.10 Å². The zero-order valence-electron chi connectivity index (χ0n) is 16.9. The topological polar surface area (TPSA) is 66.9 Å². The minimum absolute atomic E-state index is 0.138. The van der Waals surface area contributed by atoms with Crippen LogP contribution in [0.3, 0.4) is 0 Å². The fourth-order valence-electron chi connectivity index (χ4n) is 3.45. The Morgan fingerprint density at radius 1 is 1.11 bits per heavy atom. The number of rotatable bonds is 5. The van der Waals surface area contributed by atoms with Crippen LogP contribution < -0.4 is 9.64 Å². The van der Waals surface area contributed by atoms with Gasteiger partial charge in [-0.15, -0.1) is 0 Å². The van der Waals surface area contributed by atoms with Crippen molar-refractivity contribution in [3.05, 3.63) is 53.1 Å². The number of nitrogens with zero attached hydrogens (tertiary/aromatic N) is 2. The van der Waals surface area contributed by atoms with E-state index in [-0.39, 0.29) is 10.8 Å². The molecule has 7 heteroatoms. The SMILES string of the molecule is Cc1cc(C)cc(OC(C)C(=O)N2CCc3cc(S(=O)(=O)N(C)C)ccc32)c1. The first-order valence-corrected chi connectivity index (χ1v) is 10.7. The van der Waals surface area contributed by atoms with Gasteiger partial charge in [0, 0.05) is 26.3 Å². The van der Waals surface area contributed by atoms with E-state index in [1.807, 2.05) is 26.0 Å². The quantitative estimate of drug-likeness (QED) is 0.771. The average Bonchev–Trinajstić information content (AvgIpc) is 3.03. The van der Waals surface area contributed by atoms with Crippen molar-refractivity contribution >= 4 is 21.6 Å². The molecule has 0 aromatic heterocycles. The zero-order chi connectivity index (χ0) is 20.6. The van der Waals surface area contributed by atoms with Gasteiger partial charge in [0.1, 0.15) is 5.75 Å². The number of carbonyl (C=O) groups excluding carboxylic acids is 1. The van der Waals surface area contributed by atoms with E-state index < -0.39 is 16.1 Å². The van der Waals surface area contributed by atoms with Crippen molar-refractivity contribution in [2.75, 3.05) is 25.5 Å². The Hall–Kier alpha value is -2.38. The van der Waals surface area contributed by atoms with Gasteiger partial charge in [-0.2, -0.15) is 0 Å². The molecule has 0 bridgehead atoms. The Balaban J connectivity index is 1.80. The molecule has 0 N–H and O–H groups in total. The summed E-state index contributed by atoms with van der Waals surface area (Å²) in [6.07, 6.45) is -0.0222. The number of aryl methyl sites for hydroxylation is 2. The maximum atomic E-state index is 12.9. The van der Waals surface area contributed by atoms with Crippen molar-refractivity contribution in [3.63, 3.8) is 0 Å². The number of hydrogen-bond donors (Lipinski definition) is 0. The summed E-state index contributed by atoms with van der Waals surface area (Å²) in [5, 5.41) is 0. The van der Waals surface area contributed by atoms with Gasteiger partial charge < -0.3 is 9.64 Å². The first kappa shape index (κ1) is 20.4. The van der Waals surface area contributed by atoms with Crippen LogP contribution in [0.4, 0.5) is 5.69 Å². The molecule has 2 aromatic carbocycles. The molecule has 1 aliphatic heterocycles. The van der Waals surface area contributed by atoms with E-state index >= 15 is 0 Å². The molecule has 2 aromatic rings. The number of carbonyl (C=O) groups is 1. The van der Waals surface area contributed by atoms with Gasteiger partial charge in [-0.3, -0.25) is 4.79 Å². The summed E-state index contributed by atoms with van der Waals surface area (Å²) in [4.78, 5) is 14.9. The molecule has 3 rings (SSSR count). The number of amides is 1. The predicted octanol–water partition coefficient (Wildman–Crippen LogP) is 2.91. The van der Waals surface area contributed by atoms with Crippen LogP contribution in [0.5, 0.6) is 5.75 Å². The molecule has 0 aliphatic carbocycles. The minimum atomic E-state index is -3.50. The summed E-state index contributed by atoms with van der Waals surface area (Å²) < 4.78 is 31.7. The van der Waals surface area contributed by atoms with Gasteiger partial charge in [-0.25, -0.2) is 12.7 Å². The maximum Gasteiger partial charge on any atom is 0.267 e. The molecule has 0 radical (unpaired) electrons. The van der Waals surface area contributed by atoms with E-state index in [1.165, 1.54) is 18.4 Å². The Kier molecular flexibility index (Phi) is 5.50. The van der Waals surface area contributed by atoms with E-state index in [4.69, 9.17) is 4.74 Å². The van der Waals surface area contributed by atoms with Gasteiger partial charge >= 0.3 is 0 Å². The third kappa shape index (κ3) is 3.91. The fraction of sp³-hybridized carbons (Fsp3) is 0.381. The molecule has 28 heavy (non-hydrogen) atoms. The summed E-state index contributed by atoms with van der Waals surface area (Å²) in [5.41, 5.74) is 3.76. The zero-order valence-corrected chi connectivity index (χ0v) is 17.7. The third-order valence-electron chi connectivity index (χ3n) is 4.85. The van der Waals surface area contributed by atoms with Crippen molar-refractivity contribution in [1.29, 1.82) is 0 Å². The summed E-state index contributed by atoms with van der Waals surface area (Å²) in [7, 11) is -0.487. The Morgan fingerprint density at radius 3 is 2.36 bits per heavy atom. The van der Waals surface area contributed by atoms with E-state index in [1.54, 1.807) is 30.0 Å². The normalized spacial score (nSPS) is 14.9. The average molecular weight is 403 g/mol. The van der Waals surface area contributed by atoms with E-state index in [0.29, 0.717) is 18.7 Å². The standard InChI is InChI=1S/C21H26N2O4S/c1-14-10-15(2)12-18(11-14)27-16(3)21(24)23-9-8-17-13-19(6-7-20(17)23)28(25,26)22(4)5/h6-7,10-13,16H,8-9H2,1-5H3. The number of anilines is 1. The minimum Gasteiger partial charge on any atom is -0.481 e. The van der Waals surface area contributed by atoms with Gasteiger partial charge in [-0.1, -0.05) is 6.07 Å². The molecule has 1 amide bonds. The van der Waals surface area contributed by atoms with E-state index in [0.717, 1.165) is 22.4 Å². The first-order chi connectivity index (χ1) is 13.1. The van der Waals surface area contributed by atoms with Crippen LogP contribution in [0.1, 0.15) is 23.6 Å². The second-order valence-corrected chi connectivity index (χ2v) is 9.55. The molecule has 150 valence electrons. The Morgan fingerprint density at radius 2 is 1.75 bits per heavy atom. The van der Waals surface area contributed by atoms with Crippen molar-refractivity contribution in [1.82, 2.24) is 4.31 Å². The van der Waals surface area contributed by atoms with Crippen LogP contribution in [0.25, 0.3) is 0 Å². The van der Waals surface area contributed by atoms with E-state index in [9.17, 15) is 13.2 Å². The summed E-state index contributed by atoms with van der Waals surface area (Å²) >= 11 is 0. The molecule has 0 saturated heterocycles. The highest BCUT2D eigenvalue weighted by Gasteiger charge is 2.30. The van der Waals surface area contributed by atoms with Crippen LogP contribution in [0.15, 0.2) is 41.3 Å². The molecule has 1 aliphatic rings. The largest absolute Gasteiger partial charge is 0.481 e. The van der Waals surface area contributed by atoms with Crippen LogP contribution >= 0.6 is 0 Å². The molecule has 6 nitrogen and oxygen atoms in total. The van der Waals surface area contributed by atoms with Crippen molar-refractivity contribution in [2.24, 2.45) is 0 Å². The molecule has 1 atom stereocenters. The van der Waals surface area contributed by atoms with Crippen LogP contribution in [0.2, 0.25) is 0 Å². The summed E-state index contributed by atoms with van der Waals surface area (Å²) in [5.74, 6) is 0.534. The Labute approximate surface area is 166 Å². The number of fused-ring (bicyclic) bond motifs is 1. The molecule has 0 saturated carbocycles. The first-order valence-electron chi connectivity index (χ1n) is 9.21. The monoisotopic (exact) mass is 402 g/mol. The number of sulfonamides is 1. The van der Waals surface area contributed by atoms with Gasteiger partial charge in [-0.05, 0) is 74.2 Å². The number of hydrogen-bond acceptors (Lipinski definition) is 4. The van der Waals surface area contributed by atoms with Crippen molar-refractivity contribution in [2.45, 2.75) is 38.2 Å². The van der Waals surface area contributed by atoms with Crippen molar-refractivity contribution < 1.29 is 17.9 Å². The lowest BCUT2D eigenvalue weighted by Gasteiger charge is -2.23. The van der Waals surface area contributed by atoms with Gasteiger partial charge in [0.2, 0.25) is 10.0 Å². The van der Waals surface area contributed by atoms with E-state index in [2.05, 4.69) is 6.07 Å². The van der Waals surface area contributed by atoms with Crippen molar-refractivity contribution in [3.8, 4) is 5.75 Å². The smallest absolute Gasteiger partial charge is 0.267 e. The number of benzene rings is 2. The molecular formula is C21H26N2O4S. The highest BCUT2D eigenvalue weighted by atomic mass is 32.2. The summed E-state index contributed by atoms with van der Waals surface area (Å²) in [6.45, 7) is 6.23. The lowest BCUT2D eigenvalue weighted by Crippen LogP contribution is -2.39.